The number of carbonyl (C=O) groups is 1. The lowest BCUT2D eigenvalue weighted by Crippen LogP contribution is -2.45. The van der Waals surface area contributed by atoms with Crippen LogP contribution < -0.4 is 0 Å². The van der Waals surface area contributed by atoms with Crippen molar-refractivity contribution in [2.75, 3.05) is 13.1 Å². The standard InChI is InChI=1S/C22H25NO/c1-16-7-2-3-10-19(16)20-11-4-5-12-21(20)22(24)23-14-17-8-6-9-18(13-17)15-23/h2-5,7,10-12,17-18H,6,8-9,13-15H2,1H3/t17-,18-/m0/s1. The van der Waals surface area contributed by atoms with Gasteiger partial charge in [0.15, 0.2) is 0 Å². The molecular weight excluding hydrogens is 294 g/mol. The highest BCUT2D eigenvalue weighted by Crippen LogP contribution is 2.36. The Morgan fingerprint density at radius 1 is 0.917 bits per heavy atom. The van der Waals surface area contributed by atoms with Crippen LogP contribution in [0.15, 0.2) is 48.5 Å². The minimum Gasteiger partial charge on any atom is -0.338 e. The largest absolute Gasteiger partial charge is 0.338 e. The van der Waals surface area contributed by atoms with Crippen LogP contribution in [0.1, 0.15) is 41.6 Å². The van der Waals surface area contributed by atoms with Crippen molar-refractivity contribution in [3.05, 3.63) is 59.7 Å². The van der Waals surface area contributed by atoms with Crippen molar-refractivity contribution >= 4 is 5.91 Å². The van der Waals surface area contributed by atoms with Crippen LogP contribution in [0.3, 0.4) is 0 Å². The molecule has 1 aliphatic carbocycles. The third-order valence-corrected chi connectivity index (χ3v) is 5.73. The van der Waals surface area contributed by atoms with E-state index in [1.807, 2.05) is 18.2 Å². The molecule has 124 valence electrons. The molecule has 4 rings (SSSR count). The summed E-state index contributed by atoms with van der Waals surface area (Å²) in [6.45, 7) is 4.00. The number of rotatable bonds is 2. The van der Waals surface area contributed by atoms with E-state index in [1.165, 1.54) is 36.8 Å². The number of benzene rings is 2. The monoisotopic (exact) mass is 319 g/mol. The topological polar surface area (TPSA) is 20.3 Å². The number of fused-ring (bicyclic) bond motifs is 2. The molecule has 2 aliphatic rings. The maximum atomic E-state index is 13.3. The lowest BCUT2D eigenvalue weighted by Gasteiger charge is -2.41. The van der Waals surface area contributed by atoms with Crippen molar-refractivity contribution in [1.82, 2.24) is 4.90 Å². The molecule has 24 heavy (non-hydrogen) atoms. The zero-order chi connectivity index (χ0) is 16.5. The first-order valence-corrected chi connectivity index (χ1v) is 9.16. The Morgan fingerprint density at radius 3 is 2.25 bits per heavy atom. The summed E-state index contributed by atoms with van der Waals surface area (Å²) < 4.78 is 0. The molecule has 1 aliphatic heterocycles. The molecule has 0 unspecified atom stereocenters. The van der Waals surface area contributed by atoms with Crippen molar-refractivity contribution in [1.29, 1.82) is 0 Å². The van der Waals surface area contributed by atoms with Crippen molar-refractivity contribution in [2.24, 2.45) is 11.8 Å². The van der Waals surface area contributed by atoms with Crippen LogP contribution in [0.5, 0.6) is 0 Å². The zero-order valence-electron chi connectivity index (χ0n) is 14.4. The molecule has 0 N–H and O–H groups in total. The summed E-state index contributed by atoms with van der Waals surface area (Å²) in [5.41, 5.74) is 4.30. The molecule has 0 spiro atoms. The Bertz CT molecular complexity index is 739. The molecule has 2 aromatic rings. The average molecular weight is 319 g/mol. The summed E-state index contributed by atoms with van der Waals surface area (Å²) in [6.07, 6.45) is 5.25. The summed E-state index contributed by atoms with van der Waals surface area (Å²) in [7, 11) is 0. The van der Waals surface area contributed by atoms with E-state index in [0.717, 1.165) is 24.2 Å². The fraction of sp³-hybridized carbons (Fsp3) is 0.409. The van der Waals surface area contributed by atoms with E-state index in [9.17, 15) is 4.79 Å². The molecule has 2 aromatic carbocycles. The van der Waals surface area contributed by atoms with Crippen LogP contribution in [-0.4, -0.2) is 23.9 Å². The van der Waals surface area contributed by atoms with Crippen molar-refractivity contribution in [2.45, 2.75) is 32.6 Å². The molecule has 2 nitrogen and oxygen atoms in total. The molecule has 1 amide bonds. The molecule has 2 bridgehead atoms. The molecule has 1 saturated heterocycles. The molecule has 2 fully saturated rings. The van der Waals surface area contributed by atoms with Gasteiger partial charge in [0, 0.05) is 18.7 Å². The molecule has 0 aromatic heterocycles. The molecule has 2 heteroatoms. The maximum Gasteiger partial charge on any atom is 0.254 e. The third-order valence-electron chi connectivity index (χ3n) is 5.73. The lowest BCUT2D eigenvalue weighted by molar-refractivity contribution is 0.0505. The van der Waals surface area contributed by atoms with E-state index in [1.54, 1.807) is 0 Å². The number of hydrogen-bond donors (Lipinski definition) is 0. The zero-order valence-corrected chi connectivity index (χ0v) is 14.4. The molecule has 1 heterocycles. The summed E-state index contributed by atoms with van der Waals surface area (Å²) >= 11 is 0. The Labute approximate surface area is 144 Å². The second kappa shape index (κ2) is 6.43. The second-order valence-corrected chi connectivity index (χ2v) is 7.47. The molecule has 1 saturated carbocycles. The van der Waals surface area contributed by atoms with E-state index < -0.39 is 0 Å². The van der Waals surface area contributed by atoms with Gasteiger partial charge in [-0.3, -0.25) is 4.79 Å². The summed E-state index contributed by atoms with van der Waals surface area (Å²) in [5, 5.41) is 0. The van der Waals surface area contributed by atoms with E-state index in [-0.39, 0.29) is 5.91 Å². The fourth-order valence-corrected chi connectivity index (χ4v) is 4.55. The van der Waals surface area contributed by atoms with E-state index in [0.29, 0.717) is 11.8 Å². The second-order valence-electron chi connectivity index (χ2n) is 7.47. The van der Waals surface area contributed by atoms with Gasteiger partial charge < -0.3 is 4.90 Å². The number of carbonyl (C=O) groups excluding carboxylic acids is 1. The number of hydrogen-bond acceptors (Lipinski definition) is 1. The molecule has 0 radical (unpaired) electrons. The molecule has 2 atom stereocenters. The highest BCUT2D eigenvalue weighted by atomic mass is 16.2. The highest BCUT2D eigenvalue weighted by molar-refractivity contribution is 6.01. The van der Waals surface area contributed by atoms with Crippen molar-refractivity contribution < 1.29 is 4.79 Å². The summed E-state index contributed by atoms with van der Waals surface area (Å²) in [5.74, 6) is 1.64. The van der Waals surface area contributed by atoms with Gasteiger partial charge in [-0.1, -0.05) is 48.9 Å². The van der Waals surface area contributed by atoms with Gasteiger partial charge in [0.1, 0.15) is 0 Å². The van der Waals surface area contributed by atoms with Crippen LogP contribution in [0, 0.1) is 18.8 Å². The lowest BCUT2D eigenvalue weighted by atomic mass is 9.77. The van der Waals surface area contributed by atoms with Gasteiger partial charge in [0.25, 0.3) is 5.91 Å². The van der Waals surface area contributed by atoms with Crippen LogP contribution in [0.2, 0.25) is 0 Å². The van der Waals surface area contributed by atoms with Gasteiger partial charge in [-0.15, -0.1) is 0 Å². The summed E-state index contributed by atoms with van der Waals surface area (Å²) in [6, 6.07) is 16.4. The first-order chi connectivity index (χ1) is 11.7. The molecular formula is C22H25NO. The van der Waals surface area contributed by atoms with Crippen LogP contribution >= 0.6 is 0 Å². The normalized spacial score (nSPS) is 23.1. The third kappa shape index (κ3) is 2.86. The Balaban J connectivity index is 1.67. The van der Waals surface area contributed by atoms with Gasteiger partial charge >= 0.3 is 0 Å². The summed E-state index contributed by atoms with van der Waals surface area (Å²) in [4.78, 5) is 15.4. The Morgan fingerprint density at radius 2 is 1.54 bits per heavy atom. The minimum absolute atomic E-state index is 0.213. The highest BCUT2D eigenvalue weighted by Gasteiger charge is 2.33. The van der Waals surface area contributed by atoms with E-state index in [2.05, 4.69) is 42.2 Å². The smallest absolute Gasteiger partial charge is 0.254 e. The predicted octanol–water partition coefficient (Wildman–Crippen LogP) is 4.92. The quantitative estimate of drug-likeness (QED) is 0.769. The number of aryl methyl sites for hydroxylation is 1. The maximum absolute atomic E-state index is 13.3. The van der Waals surface area contributed by atoms with E-state index in [4.69, 9.17) is 0 Å². The average Bonchev–Trinajstić information content (AvgIpc) is 2.61. The number of piperidine rings is 1. The van der Waals surface area contributed by atoms with Gasteiger partial charge in [-0.2, -0.15) is 0 Å². The first-order valence-electron chi connectivity index (χ1n) is 9.16. The van der Waals surface area contributed by atoms with Gasteiger partial charge in [-0.25, -0.2) is 0 Å². The Kier molecular flexibility index (Phi) is 4.13. The van der Waals surface area contributed by atoms with E-state index >= 15 is 0 Å². The number of likely N-dealkylation sites (tertiary alicyclic amines) is 1. The first kappa shape index (κ1) is 15.4. The predicted molar refractivity (Wildman–Crippen MR) is 98.0 cm³/mol. The Hall–Kier alpha value is -2.09. The SMILES string of the molecule is Cc1ccccc1-c1ccccc1C(=O)N1C[C@H]2CCC[C@@H](C2)C1. The van der Waals surface area contributed by atoms with Crippen molar-refractivity contribution in [3.63, 3.8) is 0 Å². The minimum atomic E-state index is 0.213. The van der Waals surface area contributed by atoms with Crippen LogP contribution in [0.25, 0.3) is 11.1 Å². The van der Waals surface area contributed by atoms with Gasteiger partial charge in [0.2, 0.25) is 0 Å². The number of amides is 1. The fourth-order valence-electron chi connectivity index (χ4n) is 4.55. The van der Waals surface area contributed by atoms with Gasteiger partial charge in [-0.05, 0) is 60.8 Å². The van der Waals surface area contributed by atoms with Crippen LogP contribution in [-0.2, 0) is 0 Å². The van der Waals surface area contributed by atoms with Crippen LogP contribution in [0.4, 0.5) is 0 Å². The van der Waals surface area contributed by atoms with Crippen molar-refractivity contribution in [3.8, 4) is 11.1 Å². The van der Waals surface area contributed by atoms with Gasteiger partial charge in [0.05, 0.1) is 0 Å². The number of nitrogens with zero attached hydrogens (tertiary/aromatic N) is 1.